The van der Waals surface area contributed by atoms with Crippen LogP contribution < -0.4 is 0 Å². The lowest BCUT2D eigenvalue weighted by Crippen LogP contribution is -1.99. The zero-order valence-electron chi connectivity index (χ0n) is 28.0. The van der Waals surface area contributed by atoms with E-state index < -0.39 is 0 Å². The Bertz CT molecular complexity index is 2370. The molecule has 6 aromatic carbocycles. The lowest BCUT2D eigenvalue weighted by atomic mass is 9.98. The van der Waals surface area contributed by atoms with Gasteiger partial charge in [0.15, 0.2) is 0 Å². The van der Waals surface area contributed by atoms with Crippen molar-refractivity contribution in [3.05, 3.63) is 157 Å². The van der Waals surface area contributed by atoms with Crippen molar-refractivity contribution in [3.8, 4) is 50.7 Å². The summed E-state index contributed by atoms with van der Waals surface area (Å²) in [6, 6.07) is 51.2. The standard InChI is InChI=1S/C45H38N4/c1-3-13-36-29-41-42(30-37(36)14-4-2)49(38-17-9-6-10-18-38)45(48-41)35-27-23-32(24-28-35)31-21-25-34(26-22-31)44-43(33-15-7-5-8-16-33)46-39-19-11-12-20-40(39)47-44/h5-12,15-30H,3-4,13-14H2,1-2H3. The number of para-hydroxylation sites is 3. The molecular formula is C45H38N4. The van der Waals surface area contributed by atoms with E-state index in [0.29, 0.717) is 0 Å². The smallest absolute Gasteiger partial charge is 0.145 e. The minimum Gasteiger partial charge on any atom is -0.292 e. The summed E-state index contributed by atoms with van der Waals surface area (Å²) in [5.74, 6) is 0.961. The van der Waals surface area contributed by atoms with E-state index in [1.807, 2.05) is 42.5 Å². The van der Waals surface area contributed by atoms with E-state index in [0.717, 1.165) is 98.5 Å². The van der Waals surface area contributed by atoms with E-state index in [-0.39, 0.29) is 0 Å². The van der Waals surface area contributed by atoms with Crippen LogP contribution in [0.1, 0.15) is 37.8 Å². The molecule has 0 bridgehead atoms. The van der Waals surface area contributed by atoms with Gasteiger partial charge >= 0.3 is 0 Å². The van der Waals surface area contributed by atoms with Crippen LogP contribution in [-0.2, 0) is 12.8 Å². The molecule has 49 heavy (non-hydrogen) atoms. The molecule has 0 saturated carbocycles. The fraction of sp³-hybridized carbons (Fsp3) is 0.133. The molecule has 0 atom stereocenters. The molecular weight excluding hydrogens is 597 g/mol. The average Bonchev–Trinajstić information content (AvgIpc) is 3.53. The van der Waals surface area contributed by atoms with Crippen molar-refractivity contribution < 1.29 is 0 Å². The molecule has 4 heteroatoms. The Labute approximate surface area is 287 Å². The highest BCUT2D eigenvalue weighted by Crippen LogP contribution is 2.35. The van der Waals surface area contributed by atoms with Crippen molar-refractivity contribution in [1.82, 2.24) is 19.5 Å². The highest BCUT2D eigenvalue weighted by molar-refractivity contribution is 5.87. The third-order valence-corrected chi connectivity index (χ3v) is 9.28. The summed E-state index contributed by atoms with van der Waals surface area (Å²) in [5, 5.41) is 0. The van der Waals surface area contributed by atoms with Crippen molar-refractivity contribution in [2.24, 2.45) is 0 Å². The molecule has 0 aliphatic carbocycles. The lowest BCUT2D eigenvalue weighted by molar-refractivity contribution is 0.863. The maximum atomic E-state index is 5.26. The monoisotopic (exact) mass is 634 g/mol. The third-order valence-electron chi connectivity index (χ3n) is 9.28. The Hall–Kier alpha value is -5.87. The molecule has 4 nitrogen and oxygen atoms in total. The molecule has 2 heterocycles. The van der Waals surface area contributed by atoms with Gasteiger partial charge in [0.1, 0.15) is 5.82 Å². The molecule has 0 aliphatic heterocycles. The van der Waals surface area contributed by atoms with Crippen LogP contribution in [0.2, 0.25) is 0 Å². The van der Waals surface area contributed by atoms with E-state index in [1.54, 1.807) is 0 Å². The predicted octanol–water partition coefficient (Wildman–Crippen LogP) is 11.5. The molecule has 2 aromatic heterocycles. The summed E-state index contributed by atoms with van der Waals surface area (Å²) >= 11 is 0. The Morgan fingerprint density at radius 2 is 0.898 bits per heavy atom. The second kappa shape index (κ2) is 13.3. The number of rotatable bonds is 9. The van der Waals surface area contributed by atoms with Gasteiger partial charge < -0.3 is 0 Å². The van der Waals surface area contributed by atoms with Crippen LogP contribution >= 0.6 is 0 Å². The predicted molar refractivity (Wildman–Crippen MR) is 204 cm³/mol. The maximum Gasteiger partial charge on any atom is 0.145 e. The Kier molecular flexibility index (Phi) is 8.28. The number of fused-ring (bicyclic) bond motifs is 2. The summed E-state index contributed by atoms with van der Waals surface area (Å²) in [6.45, 7) is 4.51. The molecule has 0 unspecified atom stereocenters. The maximum absolute atomic E-state index is 5.26. The molecule has 0 fully saturated rings. The summed E-state index contributed by atoms with van der Waals surface area (Å²) in [7, 11) is 0. The largest absolute Gasteiger partial charge is 0.292 e. The SMILES string of the molecule is CCCc1cc2nc(-c3ccc(-c4ccc(-c5nc6ccccc6nc5-c5ccccc5)cc4)cc3)n(-c3ccccc3)c2cc1CCC. The van der Waals surface area contributed by atoms with Gasteiger partial charge in [-0.1, -0.05) is 136 Å². The number of imidazole rings is 1. The van der Waals surface area contributed by atoms with Crippen LogP contribution in [-0.4, -0.2) is 19.5 Å². The Balaban J connectivity index is 1.16. The van der Waals surface area contributed by atoms with Crippen molar-refractivity contribution >= 4 is 22.1 Å². The molecule has 0 spiro atoms. The first-order valence-electron chi connectivity index (χ1n) is 17.3. The second-order valence-corrected chi connectivity index (χ2v) is 12.6. The first-order chi connectivity index (χ1) is 24.2. The van der Waals surface area contributed by atoms with Crippen molar-refractivity contribution in [1.29, 1.82) is 0 Å². The fourth-order valence-corrected chi connectivity index (χ4v) is 6.88. The minimum atomic E-state index is 0.885. The average molecular weight is 635 g/mol. The molecule has 0 saturated heterocycles. The highest BCUT2D eigenvalue weighted by atomic mass is 15.1. The van der Waals surface area contributed by atoms with E-state index in [2.05, 4.69) is 122 Å². The zero-order chi connectivity index (χ0) is 33.2. The number of aryl methyl sites for hydroxylation is 2. The Morgan fingerprint density at radius 3 is 1.47 bits per heavy atom. The molecule has 0 aliphatic rings. The molecule has 8 aromatic rings. The third kappa shape index (κ3) is 5.91. The van der Waals surface area contributed by atoms with Gasteiger partial charge in [-0.05, 0) is 71.5 Å². The first-order valence-corrected chi connectivity index (χ1v) is 17.3. The van der Waals surface area contributed by atoms with Crippen LogP contribution in [0.15, 0.2) is 146 Å². The summed E-state index contributed by atoms with van der Waals surface area (Å²) < 4.78 is 2.32. The second-order valence-electron chi connectivity index (χ2n) is 12.6. The van der Waals surface area contributed by atoms with E-state index in [1.165, 1.54) is 11.1 Å². The van der Waals surface area contributed by atoms with Crippen LogP contribution in [0.3, 0.4) is 0 Å². The van der Waals surface area contributed by atoms with Crippen LogP contribution in [0, 0.1) is 0 Å². The molecule has 0 radical (unpaired) electrons. The highest BCUT2D eigenvalue weighted by Gasteiger charge is 2.18. The van der Waals surface area contributed by atoms with E-state index in [4.69, 9.17) is 15.0 Å². The van der Waals surface area contributed by atoms with Gasteiger partial charge in [-0.3, -0.25) is 4.57 Å². The summed E-state index contributed by atoms with van der Waals surface area (Å²) in [6.07, 6.45) is 4.41. The number of nitrogens with zero attached hydrogens (tertiary/aromatic N) is 4. The van der Waals surface area contributed by atoms with Crippen LogP contribution in [0.25, 0.3) is 72.8 Å². The van der Waals surface area contributed by atoms with Gasteiger partial charge in [-0.2, -0.15) is 0 Å². The summed E-state index contributed by atoms with van der Waals surface area (Å²) in [5.41, 5.74) is 15.2. The topological polar surface area (TPSA) is 43.6 Å². The zero-order valence-corrected chi connectivity index (χ0v) is 28.0. The van der Waals surface area contributed by atoms with Crippen molar-refractivity contribution in [2.45, 2.75) is 39.5 Å². The minimum absolute atomic E-state index is 0.885. The molecule has 8 rings (SSSR count). The van der Waals surface area contributed by atoms with Crippen LogP contribution in [0.4, 0.5) is 0 Å². The first kappa shape index (κ1) is 30.5. The molecule has 238 valence electrons. The quantitative estimate of drug-likeness (QED) is 0.159. The van der Waals surface area contributed by atoms with Gasteiger partial charge in [0.2, 0.25) is 0 Å². The van der Waals surface area contributed by atoms with Gasteiger partial charge in [0, 0.05) is 22.4 Å². The summed E-state index contributed by atoms with van der Waals surface area (Å²) in [4.78, 5) is 15.4. The number of benzene rings is 6. The number of hydrogen-bond donors (Lipinski definition) is 0. The van der Waals surface area contributed by atoms with Gasteiger partial charge in [-0.25, -0.2) is 15.0 Å². The van der Waals surface area contributed by atoms with E-state index in [9.17, 15) is 0 Å². The molecule has 0 amide bonds. The molecule has 0 N–H and O–H groups in total. The fourth-order valence-electron chi connectivity index (χ4n) is 6.88. The van der Waals surface area contributed by atoms with Crippen LogP contribution in [0.5, 0.6) is 0 Å². The lowest BCUT2D eigenvalue weighted by Gasteiger charge is -2.13. The van der Waals surface area contributed by atoms with E-state index >= 15 is 0 Å². The van der Waals surface area contributed by atoms with Crippen molar-refractivity contribution in [2.75, 3.05) is 0 Å². The number of aromatic nitrogens is 4. The van der Waals surface area contributed by atoms with Gasteiger partial charge in [-0.15, -0.1) is 0 Å². The van der Waals surface area contributed by atoms with Crippen molar-refractivity contribution in [3.63, 3.8) is 0 Å². The normalized spacial score (nSPS) is 11.4. The number of hydrogen-bond acceptors (Lipinski definition) is 3. The Morgan fingerprint density at radius 1 is 0.429 bits per heavy atom. The van der Waals surface area contributed by atoms with Gasteiger partial charge in [0.05, 0.1) is 33.5 Å². The van der Waals surface area contributed by atoms with Gasteiger partial charge in [0.25, 0.3) is 0 Å².